The molecule has 1 aromatic carbocycles. The zero-order valence-electron chi connectivity index (χ0n) is 9.98. The first-order chi connectivity index (χ1) is 8.66. The normalized spacial score (nSPS) is 11.0. The van der Waals surface area contributed by atoms with Crippen LogP contribution in [0.1, 0.15) is 12.5 Å². The van der Waals surface area contributed by atoms with Gasteiger partial charge in [-0.05, 0) is 23.8 Å². The molecule has 0 bridgehead atoms. The van der Waals surface area contributed by atoms with E-state index in [2.05, 4.69) is 10.3 Å². The Labute approximate surface area is 110 Å². The van der Waals surface area contributed by atoms with E-state index in [4.69, 9.17) is 11.6 Å². The SMILES string of the molecule is CC(=O)NCC=Cc1ccc2nccc(Cl)c2c1. The number of halogens is 1. The minimum Gasteiger partial charge on any atom is -0.353 e. The molecule has 0 atom stereocenters. The van der Waals surface area contributed by atoms with Crippen molar-refractivity contribution in [2.24, 2.45) is 0 Å². The lowest BCUT2D eigenvalue weighted by Crippen LogP contribution is -2.19. The van der Waals surface area contributed by atoms with Gasteiger partial charge in [0.1, 0.15) is 0 Å². The summed E-state index contributed by atoms with van der Waals surface area (Å²) in [5.41, 5.74) is 1.91. The maximum absolute atomic E-state index is 10.7. The van der Waals surface area contributed by atoms with Crippen LogP contribution in [0.5, 0.6) is 0 Å². The number of amides is 1. The number of nitrogens with zero attached hydrogens (tertiary/aromatic N) is 1. The summed E-state index contributed by atoms with van der Waals surface area (Å²) >= 11 is 6.11. The molecule has 1 amide bonds. The average molecular weight is 261 g/mol. The smallest absolute Gasteiger partial charge is 0.217 e. The van der Waals surface area contributed by atoms with Crippen LogP contribution in [-0.4, -0.2) is 17.4 Å². The highest BCUT2D eigenvalue weighted by Gasteiger charge is 1.99. The summed E-state index contributed by atoms with van der Waals surface area (Å²) in [5.74, 6) is -0.0367. The number of aromatic nitrogens is 1. The summed E-state index contributed by atoms with van der Waals surface area (Å²) < 4.78 is 0. The number of carbonyl (C=O) groups is 1. The molecule has 0 aliphatic carbocycles. The fourth-order valence-corrected chi connectivity index (χ4v) is 1.84. The lowest BCUT2D eigenvalue weighted by Gasteiger charge is -2.01. The van der Waals surface area contributed by atoms with Crippen molar-refractivity contribution in [2.45, 2.75) is 6.92 Å². The highest BCUT2D eigenvalue weighted by molar-refractivity contribution is 6.35. The molecule has 1 N–H and O–H groups in total. The molecule has 0 saturated carbocycles. The molecule has 0 fully saturated rings. The minimum atomic E-state index is -0.0367. The van der Waals surface area contributed by atoms with Gasteiger partial charge in [-0.15, -0.1) is 0 Å². The second kappa shape index (κ2) is 5.65. The molecule has 0 spiro atoms. The van der Waals surface area contributed by atoms with Gasteiger partial charge in [0, 0.05) is 25.1 Å². The Kier molecular flexibility index (Phi) is 3.95. The Morgan fingerprint density at radius 2 is 2.28 bits per heavy atom. The monoisotopic (exact) mass is 260 g/mol. The van der Waals surface area contributed by atoms with Gasteiger partial charge in [-0.2, -0.15) is 0 Å². The predicted octanol–water partition coefficient (Wildman–Crippen LogP) is 3.04. The molecule has 0 saturated heterocycles. The Balaban J connectivity index is 2.19. The molecule has 1 aromatic heterocycles. The quantitative estimate of drug-likeness (QED) is 0.922. The first kappa shape index (κ1) is 12.6. The molecule has 2 rings (SSSR count). The zero-order valence-corrected chi connectivity index (χ0v) is 10.7. The Hall–Kier alpha value is -1.87. The topological polar surface area (TPSA) is 42.0 Å². The van der Waals surface area contributed by atoms with Gasteiger partial charge in [-0.1, -0.05) is 29.8 Å². The second-order valence-electron chi connectivity index (χ2n) is 3.91. The first-order valence-corrected chi connectivity index (χ1v) is 6.00. The number of rotatable bonds is 3. The Bertz CT molecular complexity index is 608. The standard InChI is InChI=1S/C14H13ClN2O/c1-10(18)16-7-2-3-11-4-5-14-12(9-11)13(15)6-8-17-14/h2-6,8-9H,7H2,1H3,(H,16,18). The molecule has 0 radical (unpaired) electrons. The van der Waals surface area contributed by atoms with Crippen LogP contribution in [0.3, 0.4) is 0 Å². The van der Waals surface area contributed by atoms with Crippen molar-refractivity contribution < 1.29 is 4.79 Å². The maximum atomic E-state index is 10.7. The van der Waals surface area contributed by atoms with E-state index in [0.717, 1.165) is 16.5 Å². The van der Waals surface area contributed by atoms with E-state index in [0.29, 0.717) is 11.6 Å². The van der Waals surface area contributed by atoms with Crippen molar-refractivity contribution in [3.63, 3.8) is 0 Å². The Morgan fingerprint density at radius 1 is 1.44 bits per heavy atom. The summed E-state index contributed by atoms with van der Waals surface area (Å²) in [7, 11) is 0. The average Bonchev–Trinajstić information content (AvgIpc) is 2.35. The molecule has 0 aliphatic rings. The van der Waals surface area contributed by atoms with Gasteiger partial charge >= 0.3 is 0 Å². The molecular formula is C14H13ClN2O. The molecule has 3 nitrogen and oxygen atoms in total. The van der Waals surface area contributed by atoms with Crippen LogP contribution in [-0.2, 0) is 4.79 Å². The minimum absolute atomic E-state index is 0.0367. The second-order valence-corrected chi connectivity index (χ2v) is 4.32. The van der Waals surface area contributed by atoms with Gasteiger partial charge in [0.2, 0.25) is 5.91 Å². The largest absolute Gasteiger partial charge is 0.353 e. The van der Waals surface area contributed by atoms with E-state index < -0.39 is 0 Å². The summed E-state index contributed by atoms with van der Waals surface area (Å²) in [6, 6.07) is 7.65. The number of benzene rings is 1. The van der Waals surface area contributed by atoms with E-state index in [-0.39, 0.29) is 5.91 Å². The number of nitrogens with one attached hydrogen (secondary N) is 1. The van der Waals surface area contributed by atoms with Crippen LogP contribution in [0.25, 0.3) is 17.0 Å². The van der Waals surface area contributed by atoms with Crippen molar-refractivity contribution in [1.82, 2.24) is 10.3 Å². The fraction of sp³-hybridized carbons (Fsp3) is 0.143. The van der Waals surface area contributed by atoms with Crippen molar-refractivity contribution in [1.29, 1.82) is 0 Å². The third-order valence-electron chi connectivity index (χ3n) is 2.49. The van der Waals surface area contributed by atoms with Crippen molar-refractivity contribution in [2.75, 3.05) is 6.54 Å². The van der Waals surface area contributed by atoms with Gasteiger partial charge < -0.3 is 5.32 Å². The van der Waals surface area contributed by atoms with Crippen molar-refractivity contribution in [3.8, 4) is 0 Å². The fourth-order valence-electron chi connectivity index (χ4n) is 1.63. The van der Waals surface area contributed by atoms with Crippen LogP contribution in [0.4, 0.5) is 0 Å². The molecule has 92 valence electrons. The predicted molar refractivity (Wildman–Crippen MR) is 74.5 cm³/mol. The third kappa shape index (κ3) is 3.08. The number of fused-ring (bicyclic) bond motifs is 1. The number of hydrogen-bond acceptors (Lipinski definition) is 2. The zero-order chi connectivity index (χ0) is 13.0. The number of pyridine rings is 1. The van der Waals surface area contributed by atoms with Crippen LogP contribution in [0.2, 0.25) is 5.02 Å². The van der Waals surface area contributed by atoms with Gasteiger partial charge in [0.15, 0.2) is 0 Å². The summed E-state index contributed by atoms with van der Waals surface area (Å²) in [5, 5.41) is 4.32. The van der Waals surface area contributed by atoms with Crippen molar-refractivity contribution in [3.05, 3.63) is 47.1 Å². The Morgan fingerprint density at radius 3 is 3.06 bits per heavy atom. The van der Waals surface area contributed by atoms with Crippen LogP contribution >= 0.6 is 11.6 Å². The van der Waals surface area contributed by atoms with E-state index in [1.54, 1.807) is 12.3 Å². The third-order valence-corrected chi connectivity index (χ3v) is 2.82. The summed E-state index contributed by atoms with van der Waals surface area (Å²) in [6.07, 6.45) is 5.53. The molecule has 1 heterocycles. The molecule has 18 heavy (non-hydrogen) atoms. The number of carbonyl (C=O) groups excluding carboxylic acids is 1. The van der Waals surface area contributed by atoms with E-state index in [9.17, 15) is 4.79 Å². The summed E-state index contributed by atoms with van der Waals surface area (Å²) in [6.45, 7) is 2.02. The van der Waals surface area contributed by atoms with Crippen LogP contribution in [0, 0.1) is 0 Å². The van der Waals surface area contributed by atoms with E-state index >= 15 is 0 Å². The molecular weight excluding hydrogens is 248 g/mol. The van der Waals surface area contributed by atoms with Gasteiger partial charge in [0.05, 0.1) is 10.5 Å². The van der Waals surface area contributed by atoms with E-state index in [1.165, 1.54) is 6.92 Å². The van der Waals surface area contributed by atoms with Gasteiger partial charge in [-0.25, -0.2) is 0 Å². The van der Waals surface area contributed by atoms with Crippen molar-refractivity contribution >= 4 is 34.5 Å². The van der Waals surface area contributed by atoms with Crippen LogP contribution in [0.15, 0.2) is 36.5 Å². The molecule has 0 aliphatic heterocycles. The number of hydrogen-bond donors (Lipinski definition) is 1. The maximum Gasteiger partial charge on any atom is 0.217 e. The molecule has 0 unspecified atom stereocenters. The van der Waals surface area contributed by atoms with Crippen LogP contribution < -0.4 is 5.32 Å². The lowest BCUT2D eigenvalue weighted by atomic mass is 10.1. The first-order valence-electron chi connectivity index (χ1n) is 5.62. The summed E-state index contributed by atoms with van der Waals surface area (Å²) in [4.78, 5) is 14.9. The van der Waals surface area contributed by atoms with Gasteiger partial charge in [0.25, 0.3) is 0 Å². The van der Waals surface area contributed by atoms with E-state index in [1.807, 2.05) is 30.4 Å². The molecule has 4 heteroatoms. The van der Waals surface area contributed by atoms with Gasteiger partial charge in [-0.3, -0.25) is 9.78 Å². The lowest BCUT2D eigenvalue weighted by molar-refractivity contribution is -0.118. The molecule has 2 aromatic rings. The highest BCUT2D eigenvalue weighted by Crippen LogP contribution is 2.22. The highest BCUT2D eigenvalue weighted by atomic mass is 35.5.